The summed E-state index contributed by atoms with van der Waals surface area (Å²) >= 11 is 5.04. The minimum absolute atomic E-state index is 0.0245. The quantitative estimate of drug-likeness (QED) is 0.341. The van der Waals surface area contributed by atoms with Crippen molar-refractivity contribution in [1.82, 2.24) is 14.8 Å². The molecule has 6 nitrogen and oxygen atoms in total. The van der Waals surface area contributed by atoms with Crippen LogP contribution in [0.5, 0.6) is 0 Å². The number of ketones is 1. The van der Waals surface area contributed by atoms with E-state index < -0.39 is 0 Å². The Hall–Kier alpha value is -2.32. The Kier molecular flexibility index (Phi) is 6.94. The van der Waals surface area contributed by atoms with Crippen molar-refractivity contribution in [2.75, 3.05) is 5.32 Å². The van der Waals surface area contributed by atoms with Crippen molar-refractivity contribution in [3.63, 3.8) is 0 Å². The summed E-state index contributed by atoms with van der Waals surface area (Å²) in [7, 11) is 0. The van der Waals surface area contributed by atoms with Crippen molar-refractivity contribution < 1.29 is 4.79 Å². The second-order valence-electron chi connectivity index (χ2n) is 11.1. The van der Waals surface area contributed by atoms with Gasteiger partial charge >= 0.3 is 0 Å². The molecule has 2 heterocycles. The van der Waals surface area contributed by atoms with Gasteiger partial charge in [-0.05, 0) is 51.9 Å². The molecular weight excluding hydrogens is 536 g/mol. The highest BCUT2D eigenvalue weighted by Gasteiger charge is 2.56. The van der Waals surface area contributed by atoms with Crippen molar-refractivity contribution in [2.45, 2.75) is 65.5 Å². The van der Waals surface area contributed by atoms with Crippen LogP contribution in [0.25, 0.3) is 11.3 Å². The van der Waals surface area contributed by atoms with E-state index >= 15 is 0 Å². The highest BCUT2D eigenvalue weighted by Crippen LogP contribution is 2.61. The molecule has 5 atom stereocenters. The van der Waals surface area contributed by atoms with Gasteiger partial charge in [-0.2, -0.15) is 5.10 Å². The van der Waals surface area contributed by atoms with Gasteiger partial charge in [-0.1, -0.05) is 58.0 Å². The molecule has 3 fully saturated rings. The Balaban J connectivity index is 1.21. The van der Waals surface area contributed by atoms with E-state index in [1.165, 1.54) is 11.1 Å². The summed E-state index contributed by atoms with van der Waals surface area (Å²) in [5.41, 5.74) is 2.83. The zero-order valence-corrected chi connectivity index (χ0v) is 23.6. The largest absolute Gasteiger partial charge is 0.380 e. The molecule has 3 aliphatic carbocycles. The molecule has 1 unspecified atom stereocenters. The van der Waals surface area contributed by atoms with E-state index in [0.717, 1.165) is 28.6 Å². The Morgan fingerprint density at radius 1 is 1.28 bits per heavy atom. The fraction of sp³-hybridized carbons (Fsp3) is 0.500. The molecule has 3 aliphatic rings. The Bertz CT molecular complexity index is 1320. The lowest BCUT2D eigenvalue weighted by Crippen LogP contribution is -2.58. The van der Waals surface area contributed by atoms with Crippen LogP contribution in [0.3, 0.4) is 0 Å². The second-order valence-corrected chi connectivity index (χ2v) is 12.8. The standard InChI is InChI=1S/C28H33BrN4O2S/c1-16(26-32-24(15-36-26)18-8-6-5-7-9-18)10-20(34)14-33-27(35)25(29)23(13-30-33)31-22-12-19-11-21(17(22)2)28(19,3)4/h5-9,13,15-17,19,21-22,31H,10-12,14H2,1-4H3/t16?,17-,19-,21+,22-/m1/s1. The fourth-order valence-electron chi connectivity index (χ4n) is 6.13. The average molecular weight is 570 g/mol. The van der Waals surface area contributed by atoms with Crippen LogP contribution in [0.1, 0.15) is 57.9 Å². The number of fused-ring (bicyclic) bond motifs is 2. The lowest BCUT2D eigenvalue weighted by molar-refractivity contribution is -0.120. The number of rotatable bonds is 8. The third-order valence-electron chi connectivity index (χ3n) is 8.55. The highest BCUT2D eigenvalue weighted by atomic mass is 79.9. The smallest absolute Gasteiger partial charge is 0.283 e. The molecule has 0 spiro atoms. The van der Waals surface area contributed by atoms with Crippen LogP contribution in [0.4, 0.5) is 5.69 Å². The zero-order valence-electron chi connectivity index (χ0n) is 21.2. The van der Waals surface area contributed by atoms with Gasteiger partial charge in [0.2, 0.25) is 0 Å². The number of halogens is 1. The van der Waals surface area contributed by atoms with Crippen LogP contribution in [-0.2, 0) is 11.3 Å². The van der Waals surface area contributed by atoms with Crippen LogP contribution in [-0.4, -0.2) is 26.6 Å². The minimum Gasteiger partial charge on any atom is -0.380 e. The van der Waals surface area contributed by atoms with Crippen molar-refractivity contribution in [3.05, 3.63) is 61.7 Å². The number of anilines is 1. The number of hydrogen-bond donors (Lipinski definition) is 1. The molecule has 8 heteroatoms. The van der Waals surface area contributed by atoms with Crippen LogP contribution in [0.2, 0.25) is 0 Å². The predicted octanol–water partition coefficient (Wildman–Crippen LogP) is 6.37. The number of nitrogens with zero attached hydrogens (tertiary/aromatic N) is 3. The second kappa shape index (κ2) is 9.86. The van der Waals surface area contributed by atoms with Gasteiger partial charge < -0.3 is 5.32 Å². The molecule has 2 aromatic heterocycles. The number of aromatic nitrogens is 3. The molecule has 3 aromatic rings. The van der Waals surface area contributed by atoms with E-state index in [1.807, 2.05) is 42.6 Å². The Labute approximate surface area is 224 Å². The summed E-state index contributed by atoms with van der Waals surface area (Å²) in [6.45, 7) is 9.03. The molecule has 6 rings (SSSR count). The topological polar surface area (TPSA) is 76.9 Å². The molecule has 0 aliphatic heterocycles. The highest BCUT2D eigenvalue weighted by molar-refractivity contribution is 9.10. The van der Waals surface area contributed by atoms with E-state index in [-0.39, 0.29) is 23.8 Å². The van der Waals surface area contributed by atoms with Gasteiger partial charge in [0.25, 0.3) is 5.56 Å². The number of Topliss-reactive ketones (excluding diaryl/α,β-unsaturated/α-hetero) is 1. The maximum atomic E-state index is 13.0. The van der Waals surface area contributed by atoms with E-state index in [1.54, 1.807) is 17.5 Å². The van der Waals surface area contributed by atoms with E-state index in [9.17, 15) is 9.59 Å². The molecule has 3 saturated carbocycles. The monoisotopic (exact) mass is 568 g/mol. The van der Waals surface area contributed by atoms with Crippen molar-refractivity contribution in [3.8, 4) is 11.3 Å². The summed E-state index contributed by atoms with van der Waals surface area (Å²) < 4.78 is 1.70. The summed E-state index contributed by atoms with van der Waals surface area (Å²) in [4.78, 5) is 30.5. The first kappa shape index (κ1) is 25.3. The molecule has 2 bridgehead atoms. The number of benzene rings is 1. The van der Waals surface area contributed by atoms with Gasteiger partial charge in [0.05, 0.1) is 22.6 Å². The molecule has 0 amide bonds. The molecule has 0 saturated heterocycles. The molecule has 1 N–H and O–H groups in total. The lowest BCUT2D eigenvalue weighted by Gasteiger charge is -2.62. The van der Waals surface area contributed by atoms with Gasteiger partial charge in [0.1, 0.15) is 11.0 Å². The molecule has 1 aromatic carbocycles. The molecule has 190 valence electrons. The van der Waals surface area contributed by atoms with Gasteiger partial charge in [0, 0.05) is 29.3 Å². The summed E-state index contributed by atoms with van der Waals surface area (Å²) in [6, 6.07) is 10.3. The minimum atomic E-state index is -0.282. The summed E-state index contributed by atoms with van der Waals surface area (Å²) in [6.07, 6.45) is 4.40. The van der Waals surface area contributed by atoms with E-state index in [0.29, 0.717) is 39.9 Å². The average Bonchev–Trinajstić information content (AvgIpc) is 3.35. The molecule has 36 heavy (non-hydrogen) atoms. The van der Waals surface area contributed by atoms with E-state index in [4.69, 9.17) is 4.98 Å². The van der Waals surface area contributed by atoms with Gasteiger partial charge in [-0.15, -0.1) is 11.3 Å². The van der Waals surface area contributed by atoms with Gasteiger partial charge in [-0.25, -0.2) is 9.67 Å². The van der Waals surface area contributed by atoms with Crippen LogP contribution < -0.4 is 10.9 Å². The number of hydrogen-bond acceptors (Lipinski definition) is 6. The maximum Gasteiger partial charge on any atom is 0.283 e. The fourth-order valence-corrected chi connectivity index (χ4v) is 7.44. The summed E-state index contributed by atoms with van der Waals surface area (Å²) in [5, 5.41) is 10.9. The Morgan fingerprint density at radius 2 is 2.03 bits per heavy atom. The van der Waals surface area contributed by atoms with Gasteiger partial charge in [0.15, 0.2) is 5.78 Å². The Morgan fingerprint density at radius 3 is 2.72 bits per heavy atom. The third-order valence-corrected chi connectivity index (χ3v) is 10.4. The normalized spacial score (nSPS) is 25.1. The van der Waals surface area contributed by atoms with Crippen molar-refractivity contribution in [1.29, 1.82) is 0 Å². The maximum absolute atomic E-state index is 13.0. The van der Waals surface area contributed by atoms with Crippen molar-refractivity contribution in [2.24, 2.45) is 23.2 Å². The zero-order chi connectivity index (χ0) is 25.6. The van der Waals surface area contributed by atoms with Crippen LogP contribution in [0.15, 0.2) is 51.2 Å². The molecular formula is C28H33BrN4O2S. The number of thiazole rings is 1. The number of nitrogens with one attached hydrogen (secondary N) is 1. The first-order chi connectivity index (χ1) is 17.1. The summed E-state index contributed by atoms with van der Waals surface area (Å²) in [5.74, 6) is 1.91. The van der Waals surface area contributed by atoms with Gasteiger partial charge in [-0.3, -0.25) is 9.59 Å². The first-order valence-electron chi connectivity index (χ1n) is 12.7. The SMILES string of the molecule is CC(CC(=O)Cn1ncc(N[C@@H]2C[C@H]3C[C@@H]([C@H]2C)C3(C)C)c(Br)c1=O)c1nc(-c2ccccc2)cs1. The lowest BCUT2D eigenvalue weighted by atomic mass is 9.45. The van der Waals surface area contributed by atoms with Crippen LogP contribution in [0, 0.1) is 23.2 Å². The van der Waals surface area contributed by atoms with E-state index in [2.05, 4.69) is 47.1 Å². The number of carbonyl (C=O) groups is 1. The first-order valence-corrected chi connectivity index (χ1v) is 14.4. The predicted molar refractivity (Wildman–Crippen MR) is 148 cm³/mol. The number of carbonyl (C=O) groups excluding carboxylic acids is 1. The third kappa shape index (κ3) is 4.70. The van der Waals surface area contributed by atoms with Crippen LogP contribution >= 0.6 is 27.3 Å². The molecule has 0 radical (unpaired) electrons. The van der Waals surface area contributed by atoms with Crippen molar-refractivity contribution >= 4 is 38.7 Å².